The summed E-state index contributed by atoms with van der Waals surface area (Å²) in [5.41, 5.74) is 2.60. The van der Waals surface area contributed by atoms with Crippen molar-refractivity contribution >= 4 is 22.4 Å². The highest BCUT2D eigenvalue weighted by molar-refractivity contribution is 5.81. The average Bonchev–Trinajstić information content (AvgIpc) is 2.75. The maximum atomic E-state index is 12.5. The Morgan fingerprint density at radius 2 is 1.73 bits per heavy atom. The van der Waals surface area contributed by atoms with Crippen molar-refractivity contribution in [3.8, 4) is 0 Å². The number of piperazine rings is 1. The second-order valence-corrected chi connectivity index (χ2v) is 8.67. The zero-order valence-electron chi connectivity index (χ0n) is 17.7. The average molecular weight is 409 g/mol. The first kappa shape index (κ1) is 20.3. The van der Waals surface area contributed by atoms with Gasteiger partial charge in [0.1, 0.15) is 0 Å². The highest BCUT2D eigenvalue weighted by atomic mass is 16.3. The molecule has 0 saturated carbocycles. The van der Waals surface area contributed by atoms with Crippen LogP contribution in [0.2, 0.25) is 0 Å². The first-order chi connectivity index (χ1) is 14.4. The fourth-order valence-electron chi connectivity index (χ4n) is 3.70. The van der Waals surface area contributed by atoms with Crippen molar-refractivity contribution in [1.29, 1.82) is 0 Å². The minimum absolute atomic E-state index is 0.00430. The molecule has 3 heterocycles. The van der Waals surface area contributed by atoms with Gasteiger partial charge >= 0.3 is 0 Å². The van der Waals surface area contributed by atoms with Gasteiger partial charge in [0.25, 0.3) is 5.56 Å². The molecule has 1 saturated heterocycles. The van der Waals surface area contributed by atoms with Crippen molar-refractivity contribution in [3.63, 3.8) is 0 Å². The quantitative estimate of drug-likeness (QED) is 0.704. The van der Waals surface area contributed by atoms with Gasteiger partial charge in [0.15, 0.2) is 5.82 Å². The summed E-state index contributed by atoms with van der Waals surface area (Å²) in [7, 11) is 0. The van der Waals surface area contributed by atoms with Crippen molar-refractivity contribution in [3.05, 3.63) is 52.7 Å². The lowest BCUT2D eigenvalue weighted by Gasteiger charge is -2.36. The number of anilines is 2. The fraction of sp³-hybridized carbons (Fsp3) is 0.455. The third-order valence-corrected chi connectivity index (χ3v) is 5.54. The van der Waals surface area contributed by atoms with Gasteiger partial charge in [-0.2, -0.15) is 5.10 Å². The number of aliphatic hydroxyl groups is 1. The predicted molar refractivity (Wildman–Crippen MR) is 118 cm³/mol. The van der Waals surface area contributed by atoms with Crippen LogP contribution in [0.15, 0.2) is 41.5 Å². The number of aliphatic hydroxyl groups excluding tert-OH is 1. The Hall–Kier alpha value is -3.00. The summed E-state index contributed by atoms with van der Waals surface area (Å²) in [4.78, 5) is 21.4. The zero-order valence-corrected chi connectivity index (χ0v) is 17.7. The van der Waals surface area contributed by atoms with Crippen molar-refractivity contribution in [2.75, 3.05) is 42.6 Å². The summed E-state index contributed by atoms with van der Waals surface area (Å²) in [6, 6.07) is 9.89. The summed E-state index contributed by atoms with van der Waals surface area (Å²) < 4.78 is 1.44. The number of benzene rings is 1. The zero-order chi connectivity index (χ0) is 21.3. The molecule has 158 valence electrons. The Balaban J connectivity index is 1.46. The third-order valence-electron chi connectivity index (χ3n) is 5.54. The molecule has 30 heavy (non-hydrogen) atoms. The standard InChI is InChI=1S/C22H28N6O2/c1-22(2,3)19-6-7-20(25-24-19)27-10-8-26(9-11-27)16-4-5-17-18(14-16)23-15-28(12-13-29)21(17)30/h4-7,14-15,29H,8-13H2,1-3H3. The summed E-state index contributed by atoms with van der Waals surface area (Å²) in [6.45, 7) is 10.00. The first-order valence-corrected chi connectivity index (χ1v) is 10.3. The topological polar surface area (TPSA) is 87.4 Å². The smallest absolute Gasteiger partial charge is 0.261 e. The highest BCUT2D eigenvalue weighted by Crippen LogP contribution is 2.24. The van der Waals surface area contributed by atoms with Gasteiger partial charge in [0.05, 0.1) is 36.1 Å². The minimum atomic E-state index is -0.123. The molecule has 3 aromatic rings. The largest absolute Gasteiger partial charge is 0.395 e. The van der Waals surface area contributed by atoms with Crippen LogP contribution in [0, 0.1) is 0 Å². The summed E-state index contributed by atoms with van der Waals surface area (Å²) in [6.07, 6.45) is 1.50. The Labute approximate surface area is 175 Å². The summed E-state index contributed by atoms with van der Waals surface area (Å²) in [5, 5.41) is 18.5. The molecule has 0 radical (unpaired) electrons. The molecule has 1 aromatic carbocycles. The molecule has 1 aliphatic heterocycles. The van der Waals surface area contributed by atoms with Crippen molar-refractivity contribution in [1.82, 2.24) is 19.7 Å². The molecular weight excluding hydrogens is 380 g/mol. The fourth-order valence-corrected chi connectivity index (χ4v) is 3.70. The maximum absolute atomic E-state index is 12.5. The van der Waals surface area contributed by atoms with Crippen molar-refractivity contribution in [2.45, 2.75) is 32.7 Å². The van der Waals surface area contributed by atoms with E-state index in [1.807, 2.05) is 18.2 Å². The summed E-state index contributed by atoms with van der Waals surface area (Å²) >= 11 is 0. The molecule has 8 nitrogen and oxygen atoms in total. The van der Waals surface area contributed by atoms with Crippen LogP contribution in [0.1, 0.15) is 26.5 Å². The van der Waals surface area contributed by atoms with E-state index in [-0.39, 0.29) is 24.1 Å². The molecule has 0 atom stereocenters. The molecule has 2 aromatic heterocycles. The maximum Gasteiger partial charge on any atom is 0.261 e. The molecular formula is C22H28N6O2. The SMILES string of the molecule is CC(C)(C)c1ccc(N2CCN(c3ccc4c(=O)n(CCO)cnc4c3)CC2)nn1. The normalized spacial score (nSPS) is 15.1. The van der Waals surface area contributed by atoms with Gasteiger partial charge in [-0.05, 0) is 30.3 Å². The van der Waals surface area contributed by atoms with E-state index in [9.17, 15) is 4.79 Å². The van der Waals surface area contributed by atoms with Crippen molar-refractivity contribution < 1.29 is 5.11 Å². The number of hydrogen-bond acceptors (Lipinski definition) is 7. The Morgan fingerprint density at radius 1 is 1.00 bits per heavy atom. The van der Waals surface area contributed by atoms with E-state index < -0.39 is 0 Å². The molecule has 8 heteroatoms. The van der Waals surface area contributed by atoms with Crippen LogP contribution in [0.4, 0.5) is 11.5 Å². The molecule has 1 fully saturated rings. The van der Waals surface area contributed by atoms with E-state index >= 15 is 0 Å². The highest BCUT2D eigenvalue weighted by Gasteiger charge is 2.21. The lowest BCUT2D eigenvalue weighted by atomic mass is 9.92. The first-order valence-electron chi connectivity index (χ1n) is 10.3. The van der Waals surface area contributed by atoms with E-state index in [1.165, 1.54) is 10.9 Å². The van der Waals surface area contributed by atoms with Gasteiger partial charge in [-0.3, -0.25) is 9.36 Å². The third kappa shape index (κ3) is 4.00. The van der Waals surface area contributed by atoms with E-state index in [4.69, 9.17) is 5.11 Å². The molecule has 0 spiro atoms. The molecule has 1 aliphatic rings. The lowest BCUT2D eigenvalue weighted by Crippen LogP contribution is -2.47. The second-order valence-electron chi connectivity index (χ2n) is 8.67. The van der Waals surface area contributed by atoms with Gasteiger partial charge < -0.3 is 14.9 Å². The molecule has 0 unspecified atom stereocenters. The number of aromatic nitrogens is 4. The Kier molecular flexibility index (Phi) is 5.42. The van der Waals surface area contributed by atoms with Crippen molar-refractivity contribution in [2.24, 2.45) is 0 Å². The molecule has 0 amide bonds. The van der Waals surface area contributed by atoms with Gasteiger partial charge in [-0.15, -0.1) is 5.10 Å². The Bertz CT molecular complexity index is 1080. The molecule has 0 bridgehead atoms. The van der Waals surface area contributed by atoms with Crippen LogP contribution < -0.4 is 15.4 Å². The molecule has 0 aliphatic carbocycles. The van der Waals surface area contributed by atoms with Gasteiger partial charge in [-0.25, -0.2) is 4.98 Å². The van der Waals surface area contributed by atoms with E-state index in [0.29, 0.717) is 10.9 Å². The summed E-state index contributed by atoms with van der Waals surface area (Å²) in [5.74, 6) is 0.910. The van der Waals surface area contributed by atoms with Gasteiger partial charge in [-0.1, -0.05) is 20.8 Å². The van der Waals surface area contributed by atoms with Crippen LogP contribution in [0.5, 0.6) is 0 Å². The van der Waals surface area contributed by atoms with E-state index in [1.54, 1.807) is 0 Å². The molecule has 1 N–H and O–H groups in total. The van der Waals surface area contributed by atoms with Crippen LogP contribution in [0.3, 0.4) is 0 Å². The number of fused-ring (bicyclic) bond motifs is 1. The van der Waals surface area contributed by atoms with Crippen LogP contribution in [-0.2, 0) is 12.0 Å². The van der Waals surface area contributed by atoms with Crippen LogP contribution >= 0.6 is 0 Å². The number of nitrogens with zero attached hydrogens (tertiary/aromatic N) is 6. The Morgan fingerprint density at radius 3 is 2.37 bits per heavy atom. The van der Waals surface area contributed by atoms with Crippen LogP contribution in [-0.4, -0.2) is 57.6 Å². The second kappa shape index (κ2) is 8.02. The van der Waals surface area contributed by atoms with Gasteiger partial charge in [0, 0.05) is 37.3 Å². The molecule has 4 rings (SSSR count). The lowest BCUT2D eigenvalue weighted by molar-refractivity contribution is 0.274. The van der Waals surface area contributed by atoms with E-state index in [0.717, 1.165) is 43.4 Å². The van der Waals surface area contributed by atoms with Gasteiger partial charge in [0.2, 0.25) is 0 Å². The van der Waals surface area contributed by atoms with Crippen LogP contribution in [0.25, 0.3) is 10.9 Å². The minimum Gasteiger partial charge on any atom is -0.395 e. The number of rotatable bonds is 4. The van der Waals surface area contributed by atoms with E-state index in [2.05, 4.69) is 57.9 Å². The number of hydrogen-bond donors (Lipinski definition) is 1. The predicted octanol–water partition coefficient (Wildman–Crippen LogP) is 1.80. The monoisotopic (exact) mass is 408 g/mol.